The molecule has 0 radical (unpaired) electrons. The summed E-state index contributed by atoms with van der Waals surface area (Å²) in [6.07, 6.45) is -3.01. The zero-order valence-electron chi connectivity index (χ0n) is 21.9. The Balaban J connectivity index is 1.13. The van der Waals surface area contributed by atoms with Crippen molar-refractivity contribution in [1.29, 1.82) is 0 Å². The molecule has 2 amide bonds. The number of hydrogen-bond acceptors (Lipinski definition) is 4. The van der Waals surface area contributed by atoms with Gasteiger partial charge in [0.25, 0.3) is 11.8 Å². The van der Waals surface area contributed by atoms with Gasteiger partial charge in [-0.3, -0.25) is 19.5 Å². The molecule has 5 rings (SSSR count). The van der Waals surface area contributed by atoms with Gasteiger partial charge in [-0.05, 0) is 65.2 Å². The molecule has 1 N–H and O–H groups in total. The molecule has 2 heterocycles. The SMILES string of the molecule is O=C(Nc1ccc(-c2ccc(C(F)(F)F)cc2)cc1)c1ccc(C(=O)N2CCN(Cc3ccc(F)cc3)CC2)cn1. The molecule has 41 heavy (non-hydrogen) atoms. The van der Waals surface area contributed by atoms with Gasteiger partial charge in [0.1, 0.15) is 11.5 Å². The molecule has 6 nitrogen and oxygen atoms in total. The van der Waals surface area contributed by atoms with Gasteiger partial charge in [-0.25, -0.2) is 4.39 Å². The molecule has 0 saturated carbocycles. The van der Waals surface area contributed by atoms with E-state index in [4.69, 9.17) is 0 Å². The first-order valence-corrected chi connectivity index (χ1v) is 13.0. The van der Waals surface area contributed by atoms with Gasteiger partial charge >= 0.3 is 6.18 Å². The van der Waals surface area contributed by atoms with Crippen LogP contribution in [0.25, 0.3) is 11.1 Å². The van der Waals surface area contributed by atoms with Crippen LogP contribution < -0.4 is 5.32 Å². The van der Waals surface area contributed by atoms with Gasteiger partial charge in [-0.2, -0.15) is 13.2 Å². The number of anilines is 1. The van der Waals surface area contributed by atoms with E-state index in [1.54, 1.807) is 47.4 Å². The molecule has 210 valence electrons. The second-order valence-corrected chi connectivity index (χ2v) is 9.73. The second-order valence-electron chi connectivity index (χ2n) is 9.73. The highest BCUT2D eigenvalue weighted by molar-refractivity contribution is 6.03. The van der Waals surface area contributed by atoms with Crippen molar-refractivity contribution in [3.63, 3.8) is 0 Å². The van der Waals surface area contributed by atoms with Gasteiger partial charge in [0.05, 0.1) is 11.1 Å². The van der Waals surface area contributed by atoms with Crippen LogP contribution in [0.1, 0.15) is 32.0 Å². The largest absolute Gasteiger partial charge is 0.416 e. The molecule has 10 heteroatoms. The van der Waals surface area contributed by atoms with Gasteiger partial charge < -0.3 is 10.2 Å². The molecular weight excluding hydrogens is 536 g/mol. The van der Waals surface area contributed by atoms with E-state index in [2.05, 4.69) is 15.2 Å². The Hall–Kier alpha value is -4.57. The quantitative estimate of drug-likeness (QED) is 0.288. The predicted octanol–water partition coefficient (Wildman–Crippen LogP) is 6.12. The van der Waals surface area contributed by atoms with Crippen LogP contribution in [0.2, 0.25) is 0 Å². The first-order valence-electron chi connectivity index (χ1n) is 13.0. The number of halogens is 4. The third kappa shape index (κ3) is 6.96. The topological polar surface area (TPSA) is 65.5 Å². The number of aromatic nitrogens is 1. The van der Waals surface area contributed by atoms with E-state index in [0.29, 0.717) is 55.1 Å². The molecule has 3 aromatic carbocycles. The Labute approximate surface area is 234 Å². The minimum absolute atomic E-state index is 0.137. The number of piperazine rings is 1. The summed E-state index contributed by atoms with van der Waals surface area (Å²) >= 11 is 0. The number of rotatable bonds is 6. The number of pyridine rings is 1. The molecule has 1 aliphatic heterocycles. The van der Waals surface area contributed by atoms with E-state index in [1.807, 2.05) is 0 Å². The predicted molar refractivity (Wildman–Crippen MR) is 147 cm³/mol. The lowest BCUT2D eigenvalue weighted by molar-refractivity contribution is -0.137. The van der Waals surface area contributed by atoms with Gasteiger partial charge in [-0.15, -0.1) is 0 Å². The van der Waals surface area contributed by atoms with E-state index in [-0.39, 0.29) is 17.4 Å². The number of nitrogens with one attached hydrogen (secondary N) is 1. The standard InChI is InChI=1S/C31H26F4N4O2/c32-26-10-1-21(2-11-26)20-38-15-17-39(18-16-38)30(41)24-7-14-28(36-19-24)29(40)37-27-12-5-23(6-13-27)22-3-8-25(9-4-22)31(33,34)35/h1-14,19H,15-18,20H2,(H,37,40). The summed E-state index contributed by atoms with van der Waals surface area (Å²) in [4.78, 5) is 33.8. The Morgan fingerprint density at radius 3 is 1.95 bits per heavy atom. The smallest absolute Gasteiger partial charge is 0.336 e. The number of hydrogen-bond donors (Lipinski definition) is 1. The summed E-state index contributed by atoms with van der Waals surface area (Å²) in [7, 11) is 0. The first-order chi connectivity index (χ1) is 19.7. The fourth-order valence-electron chi connectivity index (χ4n) is 4.59. The van der Waals surface area contributed by atoms with Crippen molar-refractivity contribution in [3.05, 3.63) is 119 Å². The average Bonchev–Trinajstić information content (AvgIpc) is 2.98. The van der Waals surface area contributed by atoms with Gasteiger partial charge in [0, 0.05) is 44.6 Å². The van der Waals surface area contributed by atoms with Crippen molar-refractivity contribution in [3.8, 4) is 11.1 Å². The zero-order valence-corrected chi connectivity index (χ0v) is 21.9. The zero-order chi connectivity index (χ0) is 29.0. The van der Waals surface area contributed by atoms with Crippen LogP contribution in [0.5, 0.6) is 0 Å². The minimum Gasteiger partial charge on any atom is -0.336 e. The van der Waals surface area contributed by atoms with Crippen molar-refractivity contribution in [1.82, 2.24) is 14.8 Å². The van der Waals surface area contributed by atoms with Crippen LogP contribution in [-0.2, 0) is 12.7 Å². The normalized spacial score (nSPS) is 14.1. The maximum atomic E-state index is 13.1. The molecule has 0 unspecified atom stereocenters. The number of alkyl halides is 3. The minimum atomic E-state index is -4.39. The van der Waals surface area contributed by atoms with Crippen LogP contribution in [0, 0.1) is 5.82 Å². The van der Waals surface area contributed by atoms with Crippen LogP contribution in [-0.4, -0.2) is 52.8 Å². The third-order valence-electron chi connectivity index (χ3n) is 6.91. The summed E-state index contributed by atoms with van der Waals surface area (Å²) in [5.74, 6) is -0.889. The molecule has 1 aromatic heterocycles. The van der Waals surface area contributed by atoms with Crippen molar-refractivity contribution >= 4 is 17.5 Å². The maximum Gasteiger partial charge on any atom is 0.416 e. The molecule has 0 aliphatic carbocycles. The highest BCUT2D eigenvalue weighted by Gasteiger charge is 2.30. The van der Waals surface area contributed by atoms with Crippen molar-refractivity contribution in [2.45, 2.75) is 12.7 Å². The van der Waals surface area contributed by atoms with Crippen molar-refractivity contribution < 1.29 is 27.2 Å². The van der Waals surface area contributed by atoms with Gasteiger partial charge in [-0.1, -0.05) is 36.4 Å². The number of nitrogens with zero attached hydrogens (tertiary/aromatic N) is 3. The highest BCUT2D eigenvalue weighted by atomic mass is 19.4. The Morgan fingerprint density at radius 2 is 1.39 bits per heavy atom. The van der Waals surface area contributed by atoms with Crippen molar-refractivity contribution in [2.24, 2.45) is 0 Å². The number of carbonyl (C=O) groups excluding carboxylic acids is 2. The molecular formula is C31H26F4N4O2. The molecule has 1 aliphatic rings. The molecule has 0 atom stereocenters. The molecule has 1 fully saturated rings. The number of benzene rings is 3. The van der Waals surface area contributed by atoms with Crippen LogP contribution in [0.15, 0.2) is 91.1 Å². The Kier molecular flexibility index (Phi) is 8.11. The fourth-order valence-corrected chi connectivity index (χ4v) is 4.59. The molecule has 0 bridgehead atoms. The molecule has 0 spiro atoms. The number of amides is 2. The van der Waals surface area contributed by atoms with E-state index >= 15 is 0 Å². The Morgan fingerprint density at radius 1 is 0.780 bits per heavy atom. The molecule has 4 aromatic rings. The summed E-state index contributed by atoms with van der Waals surface area (Å²) < 4.78 is 51.5. The van der Waals surface area contributed by atoms with E-state index in [0.717, 1.165) is 17.7 Å². The highest BCUT2D eigenvalue weighted by Crippen LogP contribution is 2.31. The van der Waals surface area contributed by atoms with Crippen LogP contribution >= 0.6 is 0 Å². The second kappa shape index (κ2) is 11.9. The average molecular weight is 563 g/mol. The molecule has 1 saturated heterocycles. The van der Waals surface area contributed by atoms with Crippen LogP contribution in [0.3, 0.4) is 0 Å². The van der Waals surface area contributed by atoms with Gasteiger partial charge in [0.15, 0.2) is 0 Å². The van der Waals surface area contributed by atoms with Crippen LogP contribution in [0.4, 0.5) is 23.2 Å². The van der Waals surface area contributed by atoms with E-state index in [9.17, 15) is 27.2 Å². The summed E-state index contributed by atoms with van der Waals surface area (Å²) in [6, 6.07) is 21.0. The van der Waals surface area contributed by atoms with Gasteiger partial charge in [0.2, 0.25) is 0 Å². The fraction of sp³-hybridized carbons (Fsp3) is 0.194. The Bertz CT molecular complexity index is 1500. The summed E-state index contributed by atoms with van der Waals surface area (Å²) in [6.45, 7) is 3.16. The first kappa shape index (κ1) is 28.0. The number of carbonyl (C=O) groups is 2. The lowest BCUT2D eigenvalue weighted by atomic mass is 10.0. The summed E-state index contributed by atoms with van der Waals surface area (Å²) in [5, 5.41) is 2.73. The lowest BCUT2D eigenvalue weighted by Gasteiger charge is -2.34. The third-order valence-corrected chi connectivity index (χ3v) is 6.91. The van der Waals surface area contributed by atoms with E-state index in [1.165, 1.54) is 36.5 Å². The lowest BCUT2D eigenvalue weighted by Crippen LogP contribution is -2.48. The monoisotopic (exact) mass is 562 g/mol. The van der Waals surface area contributed by atoms with E-state index < -0.39 is 17.6 Å². The maximum absolute atomic E-state index is 13.1. The van der Waals surface area contributed by atoms with Crippen molar-refractivity contribution in [2.75, 3.05) is 31.5 Å². The summed E-state index contributed by atoms with van der Waals surface area (Å²) in [5.41, 5.74) is 2.63.